The van der Waals surface area contributed by atoms with E-state index in [4.69, 9.17) is 4.79 Å². The molecule has 0 aliphatic rings. The summed E-state index contributed by atoms with van der Waals surface area (Å²) in [5.74, 6) is 0. The molecule has 0 aliphatic heterocycles. The number of carbonyl (C=O) groups is 2. The van der Waals surface area contributed by atoms with Crippen molar-refractivity contribution in [3.8, 4) is 0 Å². The van der Waals surface area contributed by atoms with Crippen molar-refractivity contribution >= 4 is 35.7 Å². The molecule has 0 aromatic heterocycles. The second-order valence-electron chi connectivity index (χ2n) is 2.95. The predicted molar refractivity (Wildman–Crippen MR) is 81.2 cm³/mol. The molecule has 0 rings (SSSR count). The van der Waals surface area contributed by atoms with E-state index < -0.39 is 5.24 Å². The van der Waals surface area contributed by atoms with Gasteiger partial charge >= 0.3 is 29.6 Å². The van der Waals surface area contributed by atoms with Crippen molar-refractivity contribution in [3.05, 3.63) is 0 Å². The summed E-state index contributed by atoms with van der Waals surface area (Å²) in [6, 6.07) is 0. The van der Waals surface area contributed by atoms with E-state index in [1.54, 1.807) is 0 Å². The minimum atomic E-state index is -0.639. The number of nitrogens with one attached hydrogen (secondary N) is 1. The van der Waals surface area contributed by atoms with Gasteiger partial charge in [-0.1, -0.05) is 46.5 Å². The van der Waals surface area contributed by atoms with Gasteiger partial charge in [-0.3, -0.25) is 9.59 Å². The van der Waals surface area contributed by atoms with E-state index in [1.165, 1.54) is 0 Å². The minimum Gasteiger partial charge on any atom is -1.00 e. The van der Waals surface area contributed by atoms with E-state index in [9.17, 15) is 4.79 Å². The first kappa shape index (κ1) is 27.0. The van der Waals surface area contributed by atoms with Gasteiger partial charge in [0.15, 0.2) is 0 Å². The first-order chi connectivity index (χ1) is 7.43. The zero-order chi connectivity index (χ0) is 13.0. The molecule has 0 aliphatic carbocycles. The van der Waals surface area contributed by atoms with Crippen LogP contribution in [0.1, 0.15) is 29.1 Å². The molecule has 5 nitrogen and oxygen atoms in total. The van der Waals surface area contributed by atoms with Gasteiger partial charge in [-0.05, 0) is 26.1 Å². The van der Waals surface area contributed by atoms with Crippen molar-refractivity contribution in [1.82, 2.24) is 10.2 Å². The third kappa shape index (κ3) is 30.0. The number of rotatable bonds is 6. The number of carbonyl (C=O) groups excluding carboxylic acids is 2. The molecule has 0 bridgehead atoms. The van der Waals surface area contributed by atoms with Crippen molar-refractivity contribution in [2.45, 2.75) is 27.7 Å². The summed E-state index contributed by atoms with van der Waals surface area (Å²) in [5, 5.41) is 1.77. The monoisotopic (exact) mass is 307 g/mol. The SMILES string of the molecule is C.CCN(CC)CCCNC(=O)S.NC(=O)S.[H-].[Na+]. The molecule has 0 spiro atoms. The maximum atomic E-state index is 10.4. The second kappa shape index (κ2) is 19.9. The third-order valence-corrected chi connectivity index (χ3v) is 1.98. The largest absolute Gasteiger partial charge is 1.00 e. The van der Waals surface area contributed by atoms with Gasteiger partial charge < -0.3 is 17.4 Å². The van der Waals surface area contributed by atoms with E-state index >= 15 is 0 Å². The van der Waals surface area contributed by atoms with Gasteiger partial charge in [0.2, 0.25) is 0 Å². The van der Waals surface area contributed by atoms with E-state index in [0.29, 0.717) is 0 Å². The minimum absolute atomic E-state index is 0. The molecule has 0 saturated heterocycles. The number of nitrogens with two attached hydrogens (primary N) is 1. The summed E-state index contributed by atoms with van der Waals surface area (Å²) in [7, 11) is 0. The first-order valence-corrected chi connectivity index (χ1v) is 6.01. The van der Waals surface area contributed by atoms with Crippen LogP contribution in [-0.2, 0) is 0 Å². The third-order valence-electron chi connectivity index (χ3n) is 1.82. The van der Waals surface area contributed by atoms with Gasteiger partial charge in [0.05, 0.1) is 0 Å². The van der Waals surface area contributed by atoms with Crippen LogP contribution in [0.15, 0.2) is 0 Å². The zero-order valence-corrected chi connectivity index (χ0v) is 14.6. The Morgan fingerprint density at radius 1 is 1.28 bits per heavy atom. The first-order valence-electron chi connectivity index (χ1n) is 5.11. The molecule has 18 heavy (non-hydrogen) atoms. The standard InChI is InChI=1S/C8H18N2OS.CH3NOS.CH4.Na.H/c1-3-10(4-2)7-5-6-9-8(11)12;2-1(3)4;;;/h3-7H2,1-2H3,(H2,9,11,12);(H3,2,3,4);1H4;;/q;;;+1;-1. The van der Waals surface area contributed by atoms with E-state index in [0.717, 1.165) is 32.6 Å². The number of nitrogens with zero attached hydrogens (tertiary/aromatic N) is 1. The molecule has 106 valence electrons. The zero-order valence-electron chi connectivity index (χ0n) is 11.8. The molecule has 3 N–H and O–H groups in total. The van der Waals surface area contributed by atoms with Crippen LogP contribution in [0.25, 0.3) is 0 Å². The van der Waals surface area contributed by atoms with Gasteiger partial charge in [-0.2, -0.15) is 0 Å². The average molecular weight is 307 g/mol. The van der Waals surface area contributed by atoms with Gasteiger partial charge in [0, 0.05) is 6.54 Å². The van der Waals surface area contributed by atoms with E-state index in [1.807, 2.05) is 0 Å². The Morgan fingerprint density at radius 2 is 1.67 bits per heavy atom. The Balaban J connectivity index is -0.0000000827. The Hall–Kier alpha value is 0.600. The molecule has 2 amide bonds. The molecule has 0 aromatic carbocycles. The summed E-state index contributed by atoms with van der Waals surface area (Å²) in [5.41, 5.74) is 4.34. The Labute approximate surface area is 145 Å². The molecular weight excluding hydrogens is 281 g/mol. The Kier molecular flexibility index (Phi) is 29.9. The van der Waals surface area contributed by atoms with Gasteiger partial charge in [0.1, 0.15) is 0 Å². The quantitative estimate of drug-likeness (QED) is 0.292. The number of thiol groups is 2. The number of amides is 2. The molecule has 0 radical (unpaired) electrons. The fraction of sp³-hybridized carbons (Fsp3) is 0.800. The molecule has 0 aromatic rings. The number of hydrogen-bond acceptors (Lipinski definition) is 3. The van der Waals surface area contributed by atoms with Crippen LogP contribution < -0.4 is 40.6 Å². The molecule has 0 atom stereocenters. The van der Waals surface area contributed by atoms with Gasteiger partial charge in [-0.15, -0.1) is 0 Å². The van der Waals surface area contributed by atoms with Gasteiger partial charge in [0.25, 0.3) is 10.5 Å². The van der Waals surface area contributed by atoms with Crippen LogP contribution in [-0.4, -0.2) is 41.6 Å². The van der Waals surface area contributed by atoms with Crippen LogP contribution >= 0.6 is 25.3 Å². The maximum Gasteiger partial charge on any atom is 1.00 e. The van der Waals surface area contributed by atoms with Crippen LogP contribution in [0.4, 0.5) is 9.59 Å². The molecule has 8 heteroatoms. The smallest absolute Gasteiger partial charge is 1.00 e. The molecule has 0 heterocycles. The van der Waals surface area contributed by atoms with Crippen LogP contribution in [0.3, 0.4) is 0 Å². The predicted octanol–water partition coefficient (Wildman–Crippen LogP) is -0.895. The topological polar surface area (TPSA) is 75.4 Å². The number of primary amides is 1. The second-order valence-corrected chi connectivity index (χ2v) is 3.80. The van der Waals surface area contributed by atoms with Gasteiger partial charge in [-0.25, -0.2) is 0 Å². The van der Waals surface area contributed by atoms with Crippen molar-refractivity contribution < 1.29 is 40.6 Å². The fourth-order valence-electron chi connectivity index (χ4n) is 1.04. The van der Waals surface area contributed by atoms with Crippen molar-refractivity contribution in [1.29, 1.82) is 0 Å². The Morgan fingerprint density at radius 3 is 1.94 bits per heavy atom. The molecule has 0 unspecified atom stereocenters. The normalized spacial score (nSPS) is 8.28. The number of hydrogen-bond donors (Lipinski definition) is 4. The van der Waals surface area contributed by atoms with Crippen molar-refractivity contribution in [2.24, 2.45) is 5.73 Å². The summed E-state index contributed by atoms with van der Waals surface area (Å²) in [6.45, 7) is 8.19. The Bertz CT molecular complexity index is 207. The summed E-state index contributed by atoms with van der Waals surface area (Å²) >= 11 is 6.71. The van der Waals surface area contributed by atoms with Crippen molar-refractivity contribution in [2.75, 3.05) is 26.2 Å². The summed E-state index contributed by atoms with van der Waals surface area (Å²) in [4.78, 5) is 21.8. The van der Waals surface area contributed by atoms with Crippen molar-refractivity contribution in [3.63, 3.8) is 0 Å². The van der Waals surface area contributed by atoms with Crippen LogP contribution in [0, 0.1) is 0 Å². The molecule has 0 fully saturated rings. The fourth-order valence-corrected chi connectivity index (χ4v) is 1.15. The average Bonchev–Trinajstić information content (AvgIpc) is 2.17. The molecular formula is C10H26N3NaO2S2. The van der Waals surface area contributed by atoms with E-state index in [2.05, 4.69) is 55.1 Å². The maximum absolute atomic E-state index is 10.4. The van der Waals surface area contributed by atoms with Crippen LogP contribution in [0.5, 0.6) is 0 Å². The summed E-state index contributed by atoms with van der Waals surface area (Å²) in [6.07, 6.45) is 0.994. The molecule has 0 saturated carbocycles. The van der Waals surface area contributed by atoms with Crippen LogP contribution in [0.2, 0.25) is 0 Å². The van der Waals surface area contributed by atoms with E-state index in [-0.39, 0.29) is 43.6 Å². The summed E-state index contributed by atoms with van der Waals surface area (Å²) < 4.78 is 0.